The first-order valence-corrected chi connectivity index (χ1v) is 7.15. The molecule has 0 amide bonds. The number of nitrogens with one attached hydrogen (secondary N) is 1. The highest BCUT2D eigenvalue weighted by Gasteiger charge is 2.00. The topological polar surface area (TPSA) is 15.3 Å². The Morgan fingerprint density at radius 3 is 2.58 bits per heavy atom. The highest BCUT2D eigenvalue weighted by Crippen LogP contribution is 2.18. The van der Waals surface area contributed by atoms with Gasteiger partial charge in [-0.2, -0.15) is 0 Å². The summed E-state index contributed by atoms with van der Waals surface area (Å²) in [6.07, 6.45) is 0. The molecule has 0 aromatic heterocycles. The van der Waals surface area contributed by atoms with Gasteiger partial charge < -0.3 is 10.2 Å². The van der Waals surface area contributed by atoms with Crippen LogP contribution in [0.3, 0.4) is 0 Å². The fraction of sp³-hybridized carbons (Fsp3) is 0.250. The lowest BCUT2D eigenvalue weighted by Gasteiger charge is -2.12. The van der Waals surface area contributed by atoms with Crippen LogP contribution >= 0.6 is 15.9 Å². The molecule has 3 heteroatoms. The van der Waals surface area contributed by atoms with Crippen molar-refractivity contribution in [2.24, 2.45) is 0 Å². The summed E-state index contributed by atoms with van der Waals surface area (Å²) >= 11 is 3.57. The van der Waals surface area contributed by atoms with Crippen molar-refractivity contribution >= 4 is 21.6 Å². The number of benzene rings is 2. The van der Waals surface area contributed by atoms with Gasteiger partial charge in [0.2, 0.25) is 0 Å². The van der Waals surface area contributed by atoms with E-state index in [1.165, 1.54) is 11.1 Å². The van der Waals surface area contributed by atoms with E-state index >= 15 is 0 Å². The molecule has 19 heavy (non-hydrogen) atoms. The Balaban J connectivity index is 2.02. The third-order valence-corrected chi connectivity index (χ3v) is 3.64. The van der Waals surface area contributed by atoms with Crippen LogP contribution in [0, 0.1) is 0 Å². The van der Waals surface area contributed by atoms with Gasteiger partial charge in [-0.1, -0.05) is 46.3 Å². The SMILES string of the molecule is CN(C)Cc1cccc(NCc2ccccc2Br)c1. The molecule has 2 aromatic carbocycles. The molecule has 0 aliphatic carbocycles. The van der Waals surface area contributed by atoms with Gasteiger partial charge in [0.25, 0.3) is 0 Å². The van der Waals surface area contributed by atoms with Crippen molar-refractivity contribution in [3.63, 3.8) is 0 Å². The Morgan fingerprint density at radius 1 is 1.05 bits per heavy atom. The number of hydrogen-bond acceptors (Lipinski definition) is 2. The molecule has 2 nitrogen and oxygen atoms in total. The number of rotatable bonds is 5. The number of halogens is 1. The minimum absolute atomic E-state index is 0.826. The lowest BCUT2D eigenvalue weighted by atomic mass is 10.1. The Labute approximate surface area is 123 Å². The molecular weight excluding hydrogens is 300 g/mol. The van der Waals surface area contributed by atoms with Crippen molar-refractivity contribution in [1.82, 2.24) is 4.90 Å². The van der Waals surface area contributed by atoms with E-state index in [2.05, 4.69) is 82.7 Å². The highest BCUT2D eigenvalue weighted by atomic mass is 79.9. The molecule has 0 fully saturated rings. The van der Waals surface area contributed by atoms with Crippen molar-refractivity contribution in [2.75, 3.05) is 19.4 Å². The molecule has 0 unspecified atom stereocenters. The summed E-state index contributed by atoms with van der Waals surface area (Å²) in [4.78, 5) is 2.17. The van der Waals surface area contributed by atoms with E-state index in [1.807, 2.05) is 6.07 Å². The molecule has 2 aromatic rings. The van der Waals surface area contributed by atoms with Gasteiger partial charge in [0.1, 0.15) is 0 Å². The minimum Gasteiger partial charge on any atom is -0.381 e. The zero-order valence-electron chi connectivity index (χ0n) is 11.4. The molecular formula is C16H19BrN2. The summed E-state index contributed by atoms with van der Waals surface area (Å²) in [5.41, 5.74) is 3.75. The Kier molecular flexibility index (Phi) is 5.00. The van der Waals surface area contributed by atoms with Crippen LogP contribution in [0.1, 0.15) is 11.1 Å². The maximum Gasteiger partial charge on any atom is 0.0411 e. The first-order chi connectivity index (χ1) is 9.15. The van der Waals surface area contributed by atoms with Gasteiger partial charge in [0.15, 0.2) is 0 Å². The van der Waals surface area contributed by atoms with E-state index in [4.69, 9.17) is 0 Å². The van der Waals surface area contributed by atoms with Gasteiger partial charge in [0.05, 0.1) is 0 Å². The molecule has 1 N–H and O–H groups in total. The van der Waals surface area contributed by atoms with Crippen LogP contribution in [0.15, 0.2) is 53.0 Å². The lowest BCUT2D eigenvalue weighted by Crippen LogP contribution is -2.10. The average Bonchev–Trinajstić information content (AvgIpc) is 2.37. The van der Waals surface area contributed by atoms with Gasteiger partial charge in [-0.25, -0.2) is 0 Å². The van der Waals surface area contributed by atoms with Gasteiger partial charge in [-0.05, 0) is 43.4 Å². The Morgan fingerprint density at radius 2 is 1.84 bits per heavy atom. The average molecular weight is 319 g/mol. The third-order valence-electron chi connectivity index (χ3n) is 2.87. The van der Waals surface area contributed by atoms with Crippen LogP contribution < -0.4 is 5.32 Å². The van der Waals surface area contributed by atoms with Crippen molar-refractivity contribution in [1.29, 1.82) is 0 Å². The number of anilines is 1. The van der Waals surface area contributed by atoms with Crippen molar-refractivity contribution in [2.45, 2.75) is 13.1 Å². The highest BCUT2D eigenvalue weighted by molar-refractivity contribution is 9.10. The zero-order chi connectivity index (χ0) is 13.7. The first kappa shape index (κ1) is 14.1. The Hall–Kier alpha value is -1.32. The van der Waals surface area contributed by atoms with E-state index in [1.54, 1.807) is 0 Å². The van der Waals surface area contributed by atoms with Crippen LogP contribution in [-0.4, -0.2) is 19.0 Å². The molecule has 0 aliphatic rings. The summed E-state index contributed by atoms with van der Waals surface area (Å²) in [5, 5.41) is 3.47. The van der Waals surface area contributed by atoms with Gasteiger partial charge >= 0.3 is 0 Å². The molecule has 0 saturated heterocycles. The molecule has 0 saturated carbocycles. The molecule has 100 valence electrons. The summed E-state index contributed by atoms with van der Waals surface area (Å²) in [6, 6.07) is 16.9. The fourth-order valence-electron chi connectivity index (χ4n) is 1.98. The number of nitrogens with zero attached hydrogens (tertiary/aromatic N) is 1. The van der Waals surface area contributed by atoms with Crippen molar-refractivity contribution in [3.05, 3.63) is 64.1 Å². The van der Waals surface area contributed by atoms with Gasteiger partial charge in [0, 0.05) is 23.2 Å². The van der Waals surface area contributed by atoms with E-state index in [0.29, 0.717) is 0 Å². The predicted octanol–water partition coefficient (Wildman–Crippen LogP) is 4.12. The Bertz CT molecular complexity index is 538. The molecule has 0 aliphatic heterocycles. The van der Waals surface area contributed by atoms with E-state index in [0.717, 1.165) is 23.2 Å². The molecule has 0 spiro atoms. The zero-order valence-corrected chi connectivity index (χ0v) is 12.9. The third kappa shape index (κ3) is 4.37. The van der Waals surface area contributed by atoms with Gasteiger partial charge in [-0.3, -0.25) is 0 Å². The minimum atomic E-state index is 0.826. The summed E-state index contributed by atoms with van der Waals surface area (Å²) in [6.45, 7) is 1.79. The van der Waals surface area contributed by atoms with Crippen LogP contribution in [0.5, 0.6) is 0 Å². The molecule has 2 rings (SSSR count). The predicted molar refractivity (Wildman–Crippen MR) is 85.3 cm³/mol. The normalized spacial score (nSPS) is 10.7. The quantitative estimate of drug-likeness (QED) is 0.892. The van der Waals surface area contributed by atoms with Gasteiger partial charge in [-0.15, -0.1) is 0 Å². The summed E-state index contributed by atoms with van der Waals surface area (Å²) in [5.74, 6) is 0. The maximum atomic E-state index is 3.57. The molecule has 0 heterocycles. The lowest BCUT2D eigenvalue weighted by molar-refractivity contribution is 0.402. The van der Waals surface area contributed by atoms with Crippen LogP contribution in [0.2, 0.25) is 0 Å². The van der Waals surface area contributed by atoms with E-state index < -0.39 is 0 Å². The van der Waals surface area contributed by atoms with E-state index in [9.17, 15) is 0 Å². The van der Waals surface area contributed by atoms with Crippen molar-refractivity contribution in [3.8, 4) is 0 Å². The van der Waals surface area contributed by atoms with Crippen molar-refractivity contribution < 1.29 is 0 Å². The second kappa shape index (κ2) is 6.73. The largest absolute Gasteiger partial charge is 0.381 e. The summed E-state index contributed by atoms with van der Waals surface area (Å²) < 4.78 is 1.15. The second-order valence-corrected chi connectivity index (χ2v) is 5.74. The molecule has 0 radical (unpaired) electrons. The second-order valence-electron chi connectivity index (χ2n) is 4.88. The molecule has 0 atom stereocenters. The fourth-order valence-corrected chi connectivity index (χ4v) is 2.41. The maximum absolute atomic E-state index is 3.57. The van der Waals surface area contributed by atoms with Crippen LogP contribution in [-0.2, 0) is 13.1 Å². The first-order valence-electron chi connectivity index (χ1n) is 6.36. The monoisotopic (exact) mass is 318 g/mol. The smallest absolute Gasteiger partial charge is 0.0411 e. The molecule has 0 bridgehead atoms. The summed E-state index contributed by atoms with van der Waals surface area (Å²) in [7, 11) is 4.17. The van der Waals surface area contributed by atoms with Crippen LogP contribution in [0.4, 0.5) is 5.69 Å². The van der Waals surface area contributed by atoms with E-state index in [-0.39, 0.29) is 0 Å². The standard InChI is InChI=1S/C16H19BrN2/c1-19(2)12-13-6-5-8-15(10-13)18-11-14-7-3-4-9-16(14)17/h3-10,18H,11-12H2,1-2H3. The van der Waals surface area contributed by atoms with Crippen LogP contribution in [0.25, 0.3) is 0 Å². The number of hydrogen-bond donors (Lipinski definition) is 1.